The van der Waals surface area contributed by atoms with Crippen molar-refractivity contribution in [2.24, 2.45) is 0 Å². The molecule has 5 heteroatoms. The predicted octanol–water partition coefficient (Wildman–Crippen LogP) is 12.8. The van der Waals surface area contributed by atoms with E-state index in [0.29, 0.717) is 13.1 Å². The van der Waals surface area contributed by atoms with E-state index in [0.717, 1.165) is 38.5 Å². The van der Waals surface area contributed by atoms with Gasteiger partial charge in [-0.05, 0) is 96.9 Å². The van der Waals surface area contributed by atoms with Gasteiger partial charge in [0.1, 0.15) is 12.7 Å². The van der Waals surface area contributed by atoms with Crippen molar-refractivity contribution >= 4 is 6.16 Å². The van der Waals surface area contributed by atoms with Crippen molar-refractivity contribution in [2.75, 3.05) is 33.4 Å². The summed E-state index contributed by atoms with van der Waals surface area (Å²) in [4.78, 5) is 14.3. The largest absolute Gasteiger partial charge is 0.508 e. The van der Waals surface area contributed by atoms with E-state index >= 15 is 0 Å². The monoisotopic (exact) mass is 674 g/mol. The Morgan fingerprint density at radius 3 is 1.38 bits per heavy atom. The molecule has 0 spiro atoms. The molecule has 0 fully saturated rings. The van der Waals surface area contributed by atoms with Crippen LogP contribution in [-0.4, -0.2) is 55.6 Å². The molecule has 0 aromatic heterocycles. The van der Waals surface area contributed by atoms with Crippen molar-refractivity contribution in [3.8, 4) is 0 Å². The lowest BCUT2D eigenvalue weighted by Gasteiger charge is -2.19. The summed E-state index contributed by atoms with van der Waals surface area (Å²) in [5.41, 5.74) is 0. The minimum Gasteiger partial charge on any atom is -0.433 e. The van der Waals surface area contributed by atoms with Crippen LogP contribution in [0.2, 0.25) is 0 Å². The zero-order chi connectivity index (χ0) is 35.0. The summed E-state index contributed by atoms with van der Waals surface area (Å²) in [7, 11) is 1.91. The second-order valence-electron chi connectivity index (χ2n) is 13.6. The number of nitrogens with zero attached hydrogens (tertiary/aromatic N) is 1. The average molecular weight is 674 g/mol. The van der Waals surface area contributed by atoms with Crippen molar-refractivity contribution in [2.45, 2.75) is 187 Å². The number of hydrogen-bond donors (Lipinski definition) is 1. The third kappa shape index (κ3) is 37.0. The molecule has 0 saturated heterocycles. The Balaban J connectivity index is 4.12. The van der Waals surface area contributed by atoms with Gasteiger partial charge in [0.2, 0.25) is 0 Å². The van der Waals surface area contributed by atoms with E-state index in [-0.39, 0.29) is 19.3 Å². The summed E-state index contributed by atoms with van der Waals surface area (Å²) in [5.74, 6) is 0. The molecule has 0 rings (SSSR count). The fraction of sp³-hybridized carbons (Fsp3) is 0.791. The van der Waals surface area contributed by atoms with E-state index in [1.807, 2.05) is 11.9 Å². The first-order valence-electron chi connectivity index (χ1n) is 20.4. The zero-order valence-corrected chi connectivity index (χ0v) is 32.0. The summed E-state index contributed by atoms with van der Waals surface area (Å²) >= 11 is 0. The lowest BCUT2D eigenvalue weighted by atomic mass is 10.0. The number of carbonyl (C=O) groups excluding carboxylic acids is 1. The summed E-state index contributed by atoms with van der Waals surface area (Å²) in [6.07, 6.45) is 49.5. The van der Waals surface area contributed by atoms with Crippen molar-refractivity contribution in [1.82, 2.24) is 4.90 Å². The highest BCUT2D eigenvalue weighted by Crippen LogP contribution is 2.18. The molecule has 0 bridgehead atoms. The van der Waals surface area contributed by atoms with Crippen LogP contribution < -0.4 is 0 Å². The van der Waals surface area contributed by atoms with Gasteiger partial charge in [0.15, 0.2) is 0 Å². The Labute approximate surface area is 298 Å². The summed E-state index contributed by atoms with van der Waals surface area (Å²) < 4.78 is 11.1. The van der Waals surface area contributed by atoms with Crippen LogP contribution in [0, 0.1) is 0 Å². The van der Waals surface area contributed by atoms with Crippen LogP contribution in [0.25, 0.3) is 0 Å². The van der Waals surface area contributed by atoms with Gasteiger partial charge in [-0.2, -0.15) is 0 Å². The summed E-state index contributed by atoms with van der Waals surface area (Å²) in [6, 6.07) is 0. The number of allylic oxidation sites excluding steroid dienone is 8. The van der Waals surface area contributed by atoms with Crippen LogP contribution >= 0.6 is 0 Å². The van der Waals surface area contributed by atoms with Gasteiger partial charge in [-0.15, -0.1) is 0 Å². The Hall–Kier alpha value is -1.85. The number of aliphatic hydroxyl groups is 1. The van der Waals surface area contributed by atoms with Crippen molar-refractivity contribution in [3.05, 3.63) is 48.6 Å². The van der Waals surface area contributed by atoms with Gasteiger partial charge >= 0.3 is 6.16 Å². The molecule has 0 aliphatic heterocycles. The molecule has 0 atom stereocenters. The Bertz CT molecular complexity index is 727. The normalized spacial score (nSPS) is 12.3. The number of likely N-dealkylation sites (N-methyl/N-ethyl adjacent to an activating group) is 1. The molecule has 1 N–H and O–H groups in total. The quantitative estimate of drug-likeness (QED) is 0.0407. The van der Waals surface area contributed by atoms with Gasteiger partial charge in [0.25, 0.3) is 0 Å². The van der Waals surface area contributed by atoms with Gasteiger partial charge in [-0.3, -0.25) is 0 Å². The van der Waals surface area contributed by atoms with Crippen LogP contribution in [0.1, 0.15) is 181 Å². The van der Waals surface area contributed by atoms with Crippen LogP contribution in [0.15, 0.2) is 48.6 Å². The van der Waals surface area contributed by atoms with Gasteiger partial charge in [-0.1, -0.05) is 140 Å². The fourth-order valence-electron chi connectivity index (χ4n) is 5.72. The number of rotatable bonds is 36. The number of ether oxygens (including phenoxy) is 2. The SMILES string of the molecule is CCCCC/C=C\C/C=C\CCCCCCCCC(CCCCCCCC/C=C\C/C=C\CCCCC)OC(=O)OCCN(C)CCO. The molecule has 5 nitrogen and oxygen atoms in total. The number of hydrogen-bond acceptors (Lipinski definition) is 5. The topological polar surface area (TPSA) is 59.0 Å². The third-order valence-electron chi connectivity index (χ3n) is 8.89. The predicted molar refractivity (Wildman–Crippen MR) is 209 cm³/mol. The molecule has 0 aliphatic carbocycles. The van der Waals surface area contributed by atoms with Gasteiger partial charge < -0.3 is 19.5 Å². The molecule has 0 amide bonds. The molecule has 0 radical (unpaired) electrons. The lowest BCUT2D eigenvalue weighted by molar-refractivity contribution is 0.0126. The molecule has 0 unspecified atom stereocenters. The molecule has 48 heavy (non-hydrogen) atoms. The van der Waals surface area contributed by atoms with E-state index in [1.165, 1.54) is 128 Å². The van der Waals surface area contributed by atoms with E-state index < -0.39 is 6.16 Å². The third-order valence-corrected chi connectivity index (χ3v) is 8.89. The first kappa shape index (κ1) is 46.1. The van der Waals surface area contributed by atoms with Gasteiger partial charge in [0.05, 0.1) is 6.61 Å². The first-order chi connectivity index (χ1) is 23.6. The molecule has 0 aromatic carbocycles. The van der Waals surface area contributed by atoms with Crippen molar-refractivity contribution in [1.29, 1.82) is 0 Å². The van der Waals surface area contributed by atoms with Crippen LogP contribution in [0.5, 0.6) is 0 Å². The van der Waals surface area contributed by atoms with Crippen molar-refractivity contribution < 1.29 is 19.4 Å². The van der Waals surface area contributed by atoms with Gasteiger partial charge in [0, 0.05) is 13.1 Å². The molecular formula is C43H79NO4. The van der Waals surface area contributed by atoms with Crippen LogP contribution in [-0.2, 0) is 9.47 Å². The zero-order valence-electron chi connectivity index (χ0n) is 32.0. The molecule has 0 heterocycles. The molecule has 0 saturated carbocycles. The smallest absolute Gasteiger partial charge is 0.433 e. The fourth-order valence-corrected chi connectivity index (χ4v) is 5.72. The maximum Gasteiger partial charge on any atom is 0.508 e. The second kappa shape index (κ2) is 39.6. The number of aliphatic hydroxyl groups excluding tert-OH is 1. The highest BCUT2D eigenvalue weighted by molar-refractivity contribution is 5.60. The average Bonchev–Trinajstić information content (AvgIpc) is 3.07. The van der Waals surface area contributed by atoms with Gasteiger partial charge in [-0.25, -0.2) is 4.79 Å². The van der Waals surface area contributed by atoms with E-state index in [9.17, 15) is 4.79 Å². The minimum absolute atomic E-state index is 0.0515. The molecular weight excluding hydrogens is 594 g/mol. The van der Waals surface area contributed by atoms with Crippen LogP contribution in [0.3, 0.4) is 0 Å². The standard InChI is InChI=1S/C43H79NO4/c1-4-6-8-10-12-14-16-18-20-22-24-26-28-30-32-34-36-42(48-43(46)47-41-39-44(3)38-40-45)37-35-33-31-29-27-25-23-21-19-17-15-13-11-9-7-5-2/h12-15,18-21,42,45H,4-11,16-17,22-41H2,1-3H3/b14-12-,15-13-,20-18-,21-19-. The Kier molecular flexibility index (Phi) is 38.1. The number of carbonyl (C=O) groups is 1. The molecule has 0 aliphatic rings. The highest BCUT2D eigenvalue weighted by Gasteiger charge is 2.15. The second-order valence-corrected chi connectivity index (χ2v) is 13.6. The lowest BCUT2D eigenvalue weighted by Crippen LogP contribution is -2.28. The first-order valence-corrected chi connectivity index (χ1v) is 20.4. The minimum atomic E-state index is -0.544. The summed E-state index contributed by atoms with van der Waals surface area (Å²) in [5, 5.41) is 9.05. The maximum atomic E-state index is 12.4. The summed E-state index contributed by atoms with van der Waals surface area (Å²) in [6.45, 7) is 6.07. The Morgan fingerprint density at radius 2 is 0.958 bits per heavy atom. The molecule has 280 valence electrons. The number of unbranched alkanes of at least 4 members (excludes halogenated alkanes) is 18. The highest BCUT2D eigenvalue weighted by atomic mass is 16.7. The van der Waals surface area contributed by atoms with E-state index in [4.69, 9.17) is 14.6 Å². The van der Waals surface area contributed by atoms with Crippen molar-refractivity contribution in [3.63, 3.8) is 0 Å². The maximum absolute atomic E-state index is 12.4. The van der Waals surface area contributed by atoms with Crippen LogP contribution in [0.4, 0.5) is 4.79 Å². The Morgan fingerprint density at radius 1 is 0.562 bits per heavy atom. The van der Waals surface area contributed by atoms with E-state index in [1.54, 1.807) is 0 Å². The van der Waals surface area contributed by atoms with E-state index in [2.05, 4.69) is 62.5 Å². The molecule has 0 aromatic rings.